The number of piperazine rings is 1. The van der Waals surface area contributed by atoms with E-state index in [0.717, 1.165) is 52.1 Å². The van der Waals surface area contributed by atoms with Gasteiger partial charge in [-0.05, 0) is 47.5 Å². The molecule has 1 fully saturated rings. The summed E-state index contributed by atoms with van der Waals surface area (Å²) in [5.74, 6) is -0.111. The molecule has 2 aromatic carbocycles. The number of aryl methyl sites for hydroxylation is 1. The number of halogens is 2. The van der Waals surface area contributed by atoms with Gasteiger partial charge in [0.1, 0.15) is 23.8 Å². The highest BCUT2D eigenvalue weighted by molar-refractivity contribution is 5.97. The Hall–Kier alpha value is -4.24. The molecule has 4 heterocycles. The van der Waals surface area contributed by atoms with Crippen molar-refractivity contribution < 1.29 is 8.78 Å². The van der Waals surface area contributed by atoms with Crippen LogP contribution in [0.4, 0.5) is 14.6 Å². The minimum absolute atomic E-state index is 0.128. The summed E-state index contributed by atoms with van der Waals surface area (Å²) in [6, 6.07) is 12.3. The normalized spacial score (nSPS) is 14.4. The van der Waals surface area contributed by atoms with Crippen LogP contribution in [-0.4, -0.2) is 55.8 Å². The van der Waals surface area contributed by atoms with E-state index < -0.39 is 11.6 Å². The number of hydrogen-bond acceptors (Lipinski definition) is 6. The van der Waals surface area contributed by atoms with Gasteiger partial charge in [0.25, 0.3) is 0 Å². The standard InChI is InChI=1S/C28H25F2N7/c1-35-16-21(14-34-35)20-11-22(23-15-31-18-33-27(23)12-20)19-5-6-28(32-13-19)37-9-7-36(8-10-37)17-24-25(29)3-2-4-26(24)30/h2-6,11-16,18H,7-10,17H2,1H3. The van der Waals surface area contributed by atoms with E-state index in [9.17, 15) is 8.78 Å². The van der Waals surface area contributed by atoms with Crippen LogP contribution in [0.5, 0.6) is 0 Å². The molecule has 186 valence electrons. The van der Waals surface area contributed by atoms with Crippen LogP contribution in [-0.2, 0) is 13.6 Å². The summed E-state index contributed by atoms with van der Waals surface area (Å²) in [4.78, 5) is 17.7. The molecule has 0 atom stereocenters. The summed E-state index contributed by atoms with van der Waals surface area (Å²) < 4.78 is 29.9. The Morgan fingerprint density at radius 3 is 2.35 bits per heavy atom. The maximum Gasteiger partial charge on any atom is 0.130 e. The lowest BCUT2D eigenvalue weighted by Crippen LogP contribution is -2.46. The van der Waals surface area contributed by atoms with E-state index in [4.69, 9.17) is 4.98 Å². The molecule has 37 heavy (non-hydrogen) atoms. The molecule has 7 nitrogen and oxygen atoms in total. The van der Waals surface area contributed by atoms with E-state index in [0.29, 0.717) is 13.1 Å². The molecule has 6 rings (SSSR count). The van der Waals surface area contributed by atoms with Crippen LogP contribution in [0.15, 0.2) is 73.6 Å². The molecule has 5 aromatic rings. The Bertz CT molecular complexity index is 1540. The van der Waals surface area contributed by atoms with Crippen molar-refractivity contribution in [2.45, 2.75) is 6.54 Å². The SMILES string of the molecule is Cn1cc(-c2cc(-c3ccc(N4CCN(Cc5c(F)cccc5F)CC4)nc3)c3cncnc3c2)cn1. The predicted molar refractivity (Wildman–Crippen MR) is 139 cm³/mol. The Morgan fingerprint density at radius 1 is 0.838 bits per heavy atom. The van der Waals surface area contributed by atoms with Crippen molar-refractivity contribution in [1.29, 1.82) is 0 Å². The second kappa shape index (κ2) is 9.67. The van der Waals surface area contributed by atoms with E-state index in [-0.39, 0.29) is 12.1 Å². The highest BCUT2D eigenvalue weighted by Crippen LogP contribution is 2.33. The van der Waals surface area contributed by atoms with Crippen molar-refractivity contribution in [2.75, 3.05) is 31.1 Å². The van der Waals surface area contributed by atoms with Gasteiger partial charge >= 0.3 is 0 Å². The second-order valence-electron chi connectivity index (χ2n) is 9.25. The summed E-state index contributed by atoms with van der Waals surface area (Å²) >= 11 is 0. The molecule has 0 radical (unpaired) electrons. The van der Waals surface area contributed by atoms with Crippen molar-refractivity contribution in [3.63, 3.8) is 0 Å². The second-order valence-corrected chi connectivity index (χ2v) is 9.25. The molecule has 0 bridgehead atoms. The molecular formula is C28H25F2N7. The van der Waals surface area contributed by atoms with Crippen LogP contribution in [0.1, 0.15) is 5.56 Å². The van der Waals surface area contributed by atoms with Crippen molar-refractivity contribution in [1.82, 2.24) is 29.6 Å². The summed E-state index contributed by atoms with van der Waals surface area (Å²) in [6.45, 7) is 3.13. The molecule has 0 saturated carbocycles. The monoisotopic (exact) mass is 497 g/mol. The van der Waals surface area contributed by atoms with Crippen LogP contribution in [0.3, 0.4) is 0 Å². The lowest BCUT2D eigenvalue weighted by atomic mass is 9.97. The van der Waals surface area contributed by atoms with Gasteiger partial charge in [0.15, 0.2) is 0 Å². The third-order valence-electron chi connectivity index (χ3n) is 6.86. The maximum atomic E-state index is 14.0. The van der Waals surface area contributed by atoms with Gasteiger partial charge in [-0.2, -0.15) is 5.10 Å². The first-order valence-corrected chi connectivity index (χ1v) is 12.1. The van der Waals surface area contributed by atoms with Crippen molar-refractivity contribution in [3.8, 4) is 22.3 Å². The largest absolute Gasteiger partial charge is 0.354 e. The Kier molecular flexibility index (Phi) is 6.05. The molecule has 3 aromatic heterocycles. The fourth-order valence-electron chi connectivity index (χ4n) is 4.83. The first kappa shape index (κ1) is 23.2. The Labute approximate surface area is 213 Å². The van der Waals surface area contributed by atoms with Gasteiger partial charge in [0.05, 0.1) is 11.7 Å². The third kappa shape index (κ3) is 4.65. The lowest BCUT2D eigenvalue weighted by molar-refractivity contribution is 0.242. The van der Waals surface area contributed by atoms with E-state index >= 15 is 0 Å². The molecule has 0 aliphatic carbocycles. The van der Waals surface area contributed by atoms with Gasteiger partial charge in [-0.25, -0.2) is 23.7 Å². The van der Waals surface area contributed by atoms with E-state index in [1.807, 2.05) is 44.0 Å². The van der Waals surface area contributed by atoms with Crippen LogP contribution >= 0.6 is 0 Å². The predicted octanol–water partition coefficient (Wildman–Crippen LogP) is 4.69. The fraction of sp³-hybridized carbons (Fsp3) is 0.214. The summed E-state index contributed by atoms with van der Waals surface area (Å²) in [5.41, 5.74) is 5.01. The first-order chi connectivity index (χ1) is 18.0. The highest BCUT2D eigenvalue weighted by atomic mass is 19.1. The number of fused-ring (bicyclic) bond motifs is 1. The molecule has 1 aliphatic rings. The molecule has 0 unspecified atom stereocenters. The number of hydrogen-bond donors (Lipinski definition) is 0. The van der Waals surface area contributed by atoms with Crippen LogP contribution < -0.4 is 4.90 Å². The number of nitrogens with zero attached hydrogens (tertiary/aromatic N) is 7. The van der Waals surface area contributed by atoms with Crippen molar-refractivity contribution >= 4 is 16.7 Å². The molecule has 0 N–H and O–H groups in total. The Morgan fingerprint density at radius 2 is 1.65 bits per heavy atom. The molecule has 1 saturated heterocycles. The van der Waals surface area contributed by atoms with Gasteiger partial charge in [-0.3, -0.25) is 9.58 Å². The molecule has 1 aliphatic heterocycles. The molecular weight excluding hydrogens is 472 g/mol. The topological polar surface area (TPSA) is 63.0 Å². The molecule has 0 spiro atoms. The average molecular weight is 498 g/mol. The quantitative estimate of drug-likeness (QED) is 0.351. The minimum atomic E-state index is -0.495. The van der Waals surface area contributed by atoms with E-state index in [1.165, 1.54) is 18.2 Å². The van der Waals surface area contributed by atoms with Gasteiger partial charge in [-0.1, -0.05) is 6.07 Å². The molecule has 9 heteroatoms. The van der Waals surface area contributed by atoms with Gasteiger partial charge < -0.3 is 4.90 Å². The zero-order chi connectivity index (χ0) is 25.4. The van der Waals surface area contributed by atoms with Crippen LogP contribution in [0.25, 0.3) is 33.2 Å². The summed E-state index contributed by atoms with van der Waals surface area (Å²) in [6.07, 6.45) is 9.09. The Balaban J connectivity index is 1.21. The van der Waals surface area contributed by atoms with Gasteiger partial charge in [0, 0.05) is 80.4 Å². The highest BCUT2D eigenvalue weighted by Gasteiger charge is 2.21. The minimum Gasteiger partial charge on any atom is -0.354 e. The van der Waals surface area contributed by atoms with E-state index in [2.05, 4.69) is 37.0 Å². The number of rotatable bonds is 5. The summed E-state index contributed by atoms with van der Waals surface area (Å²) in [7, 11) is 1.90. The van der Waals surface area contributed by atoms with Crippen LogP contribution in [0, 0.1) is 11.6 Å². The maximum absolute atomic E-state index is 14.0. The number of pyridine rings is 1. The summed E-state index contributed by atoms with van der Waals surface area (Å²) in [5, 5.41) is 5.26. The van der Waals surface area contributed by atoms with Crippen LogP contribution in [0.2, 0.25) is 0 Å². The number of aromatic nitrogens is 5. The number of anilines is 1. The third-order valence-corrected chi connectivity index (χ3v) is 6.86. The fourth-order valence-corrected chi connectivity index (χ4v) is 4.83. The average Bonchev–Trinajstić information content (AvgIpc) is 3.37. The number of benzene rings is 2. The zero-order valence-corrected chi connectivity index (χ0v) is 20.4. The first-order valence-electron chi connectivity index (χ1n) is 12.1. The lowest BCUT2D eigenvalue weighted by Gasteiger charge is -2.35. The van der Waals surface area contributed by atoms with Crippen molar-refractivity contribution in [3.05, 3.63) is 90.8 Å². The van der Waals surface area contributed by atoms with Gasteiger partial charge in [0.2, 0.25) is 0 Å². The molecule has 0 amide bonds. The van der Waals surface area contributed by atoms with E-state index in [1.54, 1.807) is 11.0 Å². The van der Waals surface area contributed by atoms with Crippen molar-refractivity contribution in [2.24, 2.45) is 7.05 Å². The zero-order valence-electron chi connectivity index (χ0n) is 20.4. The smallest absolute Gasteiger partial charge is 0.130 e. The van der Waals surface area contributed by atoms with Gasteiger partial charge in [-0.15, -0.1) is 0 Å².